The van der Waals surface area contributed by atoms with Gasteiger partial charge in [0.05, 0.1) is 17.2 Å². The van der Waals surface area contributed by atoms with Gasteiger partial charge in [0, 0.05) is 30.1 Å². The van der Waals surface area contributed by atoms with Crippen molar-refractivity contribution in [1.29, 1.82) is 0 Å². The Labute approximate surface area is 207 Å². The first-order valence-electron chi connectivity index (χ1n) is 12.2. The number of rotatable bonds is 2. The quantitative estimate of drug-likeness (QED) is 0.555. The number of hydrogen-bond acceptors (Lipinski definition) is 6. The summed E-state index contributed by atoms with van der Waals surface area (Å²) in [5.74, 6) is 0.799. The number of nitrogens with one attached hydrogen (secondary N) is 1. The molecule has 0 radical (unpaired) electrons. The fourth-order valence-corrected chi connectivity index (χ4v) is 6.31. The lowest BCUT2D eigenvalue weighted by Gasteiger charge is -2.40. The number of aryl methyl sites for hydroxylation is 2. The number of ether oxygens (including phenoxy) is 1. The molecular formula is C27H32N4O3S. The highest BCUT2D eigenvalue weighted by Crippen LogP contribution is 2.36. The van der Waals surface area contributed by atoms with Gasteiger partial charge in [0.2, 0.25) is 11.8 Å². The topological polar surface area (TPSA) is 84.4 Å². The monoisotopic (exact) mass is 492 g/mol. The molecule has 0 aliphatic carbocycles. The van der Waals surface area contributed by atoms with Crippen LogP contribution in [0.1, 0.15) is 42.9 Å². The number of piperidine rings is 1. The first kappa shape index (κ1) is 23.8. The lowest BCUT2D eigenvalue weighted by molar-refractivity contribution is 0.0883. The molecule has 1 N–H and O–H groups in total. The first-order chi connectivity index (χ1) is 16.7. The van der Waals surface area contributed by atoms with E-state index in [-0.39, 0.29) is 22.7 Å². The van der Waals surface area contributed by atoms with E-state index in [9.17, 15) is 8.42 Å². The molecule has 184 valence electrons. The Morgan fingerprint density at radius 2 is 1.80 bits per heavy atom. The molecule has 1 aromatic heterocycles. The molecule has 7 nitrogen and oxygen atoms in total. The van der Waals surface area contributed by atoms with Gasteiger partial charge in [0.1, 0.15) is 0 Å². The molecule has 4 bridgehead atoms. The molecular weight excluding hydrogens is 460 g/mol. The summed E-state index contributed by atoms with van der Waals surface area (Å²) in [6.07, 6.45) is 0.950. The molecule has 0 spiro atoms. The molecule has 3 aromatic rings. The Bertz CT molecular complexity index is 1340. The highest BCUT2D eigenvalue weighted by Gasteiger charge is 2.33. The summed E-state index contributed by atoms with van der Waals surface area (Å²) in [6, 6.07) is 15.6. The molecule has 2 aliphatic heterocycles. The van der Waals surface area contributed by atoms with E-state index < -0.39 is 10.0 Å². The van der Waals surface area contributed by atoms with Crippen molar-refractivity contribution in [3.8, 4) is 17.1 Å². The lowest BCUT2D eigenvalue weighted by atomic mass is 9.80. The van der Waals surface area contributed by atoms with Crippen molar-refractivity contribution in [2.45, 2.75) is 51.0 Å². The Balaban J connectivity index is 1.63. The maximum absolute atomic E-state index is 13.3. The van der Waals surface area contributed by atoms with E-state index in [1.54, 1.807) is 12.1 Å². The number of sulfonamides is 1. The number of hydrogen-bond donors (Lipinski definition) is 1. The van der Waals surface area contributed by atoms with E-state index in [1.807, 2.05) is 50.2 Å². The van der Waals surface area contributed by atoms with Gasteiger partial charge in [-0.05, 0) is 75.4 Å². The third kappa shape index (κ3) is 4.77. The number of fused-ring (bicyclic) bond motifs is 6. The summed E-state index contributed by atoms with van der Waals surface area (Å²) < 4.78 is 35.5. The maximum Gasteiger partial charge on any atom is 0.264 e. The zero-order valence-electron chi connectivity index (χ0n) is 20.7. The van der Waals surface area contributed by atoms with Crippen LogP contribution in [0.25, 0.3) is 11.3 Å². The minimum absolute atomic E-state index is 0.00938. The Morgan fingerprint density at radius 3 is 2.54 bits per heavy atom. The van der Waals surface area contributed by atoms with Crippen LogP contribution < -0.4 is 9.46 Å². The van der Waals surface area contributed by atoms with E-state index in [2.05, 4.69) is 33.4 Å². The highest BCUT2D eigenvalue weighted by atomic mass is 32.2. The molecule has 8 heteroatoms. The first-order valence-corrected chi connectivity index (χ1v) is 13.6. The van der Waals surface area contributed by atoms with E-state index in [0.29, 0.717) is 24.2 Å². The molecule has 35 heavy (non-hydrogen) atoms. The third-order valence-corrected chi connectivity index (χ3v) is 8.53. The summed E-state index contributed by atoms with van der Waals surface area (Å²) in [6.45, 7) is 10.8. The molecule has 5 rings (SSSR count). The van der Waals surface area contributed by atoms with Gasteiger partial charge in [-0.15, -0.1) is 0 Å². The summed E-state index contributed by atoms with van der Waals surface area (Å²) in [5, 5.41) is 0. The highest BCUT2D eigenvalue weighted by molar-refractivity contribution is 7.92. The summed E-state index contributed by atoms with van der Waals surface area (Å²) in [7, 11) is -3.87. The molecule has 2 aliphatic rings. The minimum Gasteiger partial charge on any atom is -0.477 e. The Hall–Kier alpha value is -2.97. The van der Waals surface area contributed by atoms with Crippen LogP contribution in [0.4, 0.5) is 5.95 Å². The van der Waals surface area contributed by atoms with Crippen molar-refractivity contribution in [3.05, 3.63) is 65.2 Å². The van der Waals surface area contributed by atoms with Crippen molar-refractivity contribution >= 4 is 16.0 Å². The van der Waals surface area contributed by atoms with Gasteiger partial charge in [-0.2, -0.15) is 4.98 Å². The lowest BCUT2D eigenvalue weighted by Crippen LogP contribution is -2.45. The van der Waals surface area contributed by atoms with Crippen molar-refractivity contribution in [3.63, 3.8) is 0 Å². The van der Waals surface area contributed by atoms with Gasteiger partial charge in [0.25, 0.3) is 10.0 Å². The van der Waals surface area contributed by atoms with Crippen LogP contribution in [0.2, 0.25) is 0 Å². The van der Waals surface area contributed by atoms with E-state index >= 15 is 0 Å². The molecule has 0 amide bonds. The van der Waals surface area contributed by atoms with Crippen LogP contribution in [0.15, 0.2) is 53.4 Å². The molecule has 3 heterocycles. The van der Waals surface area contributed by atoms with E-state index in [4.69, 9.17) is 4.74 Å². The fourth-order valence-electron chi connectivity index (χ4n) is 5.31. The fraction of sp³-hybridized carbons (Fsp3) is 0.407. The zero-order valence-corrected chi connectivity index (χ0v) is 21.5. The van der Waals surface area contributed by atoms with Crippen molar-refractivity contribution in [2.75, 3.05) is 24.4 Å². The number of benzene rings is 2. The van der Waals surface area contributed by atoms with Gasteiger partial charge in [-0.1, -0.05) is 30.3 Å². The average molecular weight is 493 g/mol. The molecule has 0 saturated carbocycles. The summed E-state index contributed by atoms with van der Waals surface area (Å²) in [4.78, 5) is 11.7. The summed E-state index contributed by atoms with van der Waals surface area (Å²) >= 11 is 0. The standard InChI is InChI=1S/C27H32N4O3S/c1-17(2)31-12-11-23-20-9-6-10-22(13-20)35(32,33)30-27-28-24(26-18(3)7-5-8-19(26)4)14-25(29-27)34-16-21(23)15-31/h5-10,13-14,17,21,23H,11-12,15-16H2,1-4H3,(H,28,29,30)/t21-,23?/m1/s1. The Kier molecular flexibility index (Phi) is 6.27. The Morgan fingerprint density at radius 1 is 1.06 bits per heavy atom. The van der Waals surface area contributed by atoms with Crippen LogP contribution in [0.3, 0.4) is 0 Å². The van der Waals surface area contributed by atoms with Crippen molar-refractivity contribution in [2.24, 2.45) is 5.92 Å². The van der Waals surface area contributed by atoms with Crippen LogP contribution in [-0.4, -0.2) is 49.0 Å². The predicted octanol–water partition coefficient (Wildman–Crippen LogP) is 4.77. The van der Waals surface area contributed by atoms with Crippen LogP contribution >= 0.6 is 0 Å². The van der Waals surface area contributed by atoms with Gasteiger partial charge < -0.3 is 9.64 Å². The third-order valence-electron chi connectivity index (χ3n) is 7.20. The predicted molar refractivity (Wildman–Crippen MR) is 137 cm³/mol. The van der Waals surface area contributed by atoms with Gasteiger partial charge in [-0.25, -0.2) is 18.1 Å². The number of nitrogens with zero attached hydrogens (tertiary/aromatic N) is 3. The molecule has 1 saturated heterocycles. The molecule has 2 atom stereocenters. The average Bonchev–Trinajstić information content (AvgIpc) is 2.81. The molecule has 1 fully saturated rings. The van der Waals surface area contributed by atoms with E-state index in [0.717, 1.165) is 41.8 Å². The minimum atomic E-state index is -3.87. The smallest absolute Gasteiger partial charge is 0.264 e. The molecule has 2 aromatic carbocycles. The van der Waals surface area contributed by atoms with Gasteiger partial charge >= 0.3 is 0 Å². The molecule has 1 unspecified atom stereocenters. The second kappa shape index (κ2) is 9.24. The van der Waals surface area contributed by atoms with Gasteiger partial charge in [0.15, 0.2) is 0 Å². The van der Waals surface area contributed by atoms with E-state index in [1.165, 1.54) is 0 Å². The van der Waals surface area contributed by atoms with Crippen LogP contribution in [-0.2, 0) is 10.0 Å². The van der Waals surface area contributed by atoms with Gasteiger partial charge in [-0.3, -0.25) is 0 Å². The number of anilines is 1. The second-order valence-corrected chi connectivity index (χ2v) is 11.6. The number of aromatic nitrogens is 2. The second-order valence-electron chi connectivity index (χ2n) is 9.91. The van der Waals surface area contributed by atoms with Crippen LogP contribution in [0.5, 0.6) is 5.88 Å². The van der Waals surface area contributed by atoms with Crippen LogP contribution in [0, 0.1) is 19.8 Å². The normalized spacial score (nSPS) is 21.7. The number of likely N-dealkylation sites (tertiary alicyclic amines) is 1. The largest absolute Gasteiger partial charge is 0.477 e. The SMILES string of the molecule is Cc1cccc(C)c1-c1cc2nc(n1)NS(=O)(=O)c1cccc(c1)C1CCN(C(C)C)C[C@@H]1CO2. The maximum atomic E-state index is 13.3. The van der Waals surface area contributed by atoms with Crippen molar-refractivity contribution < 1.29 is 13.2 Å². The van der Waals surface area contributed by atoms with Crippen molar-refractivity contribution in [1.82, 2.24) is 14.9 Å². The zero-order chi connectivity index (χ0) is 24.7. The summed E-state index contributed by atoms with van der Waals surface area (Å²) in [5.41, 5.74) is 4.73.